The maximum atomic E-state index is 13.1. The van der Waals surface area contributed by atoms with Crippen LogP contribution in [0.15, 0.2) is 53.4 Å². The third kappa shape index (κ3) is 5.25. The van der Waals surface area contributed by atoms with Gasteiger partial charge in [0.2, 0.25) is 10.0 Å². The highest BCUT2D eigenvalue weighted by Gasteiger charge is 2.30. The molecule has 1 saturated heterocycles. The third-order valence-electron chi connectivity index (χ3n) is 6.07. The maximum absolute atomic E-state index is 13.1. The van der Waals surface area contributed by atoms with Crippen LogP contribution >= 0.6 is 0 Å². The molecule has 10 nitrogen and oxygen atoms in total. The zero-order valence-corrected chi connectivity index (χ0v) is 20.7. The van der Waals surface area contributed by atoms with Gasteiger partial charge in [-0.1, -0.05) is 12.1 Å². The Bertz CT molecular complexity index is 1320. The number of rotatable bonds is 7. The molecule has 0 atom stereocenters. The van der Waals surface area contributed by atoms with E-state index in [1.54, 1.807) is 7.11 Å². The molecule has 11 heteroatoms. The molecule has 1 fully saturated rings. The topological polar surface area (TPSA) is 119 Å². The lowest BCUT2D eigenvalue weighted by Gasteiger charge is -2.35. The molecule has 1 aliphatic rings. The van der Waals surface area contributed by atoms with Crippen molar-refractivity contribution in [3.05, 3.63) is 81.3 Å². The van der Waals surface area contributed by atoms with Gasteiger partial charge in [-0.25, -0.2) is 18.4 Å². The van der Waals surface area contributed by atoms with Crippen LogP contribution in [-0.4, -0.2) is 60.9 Å². The number of nitro groups is 1. The number of benzene rings is 2. The van der Waals surface area contributed by atoms with Crippen LogP contribution in [0.25, 0.3) is 0 Å². The average molecular weight is 498 g/mol. The van der Waals surface area contributed by atoms with Crippen LogP contribution in [0.2, 0.25) is 0 Å². The van der Waals surface area contributed by atoms with Crippen LogP contribution in [0.1, 0.15) is 22.6 Å². The van der Waals surface area contributed by atoms with E-state index in [1.807, 2.05) is 38.1 Å². The number of aryl methyl sites for hydroxylation is 2. The minimum Gasteiger partial charge on any atom is -0.497 e. The number of piperazine rings is 1. The molecule has 0 bridgehead atoms. The molecular formula is C24H27N5O5S. The van der Waals surface area contributed by atoms with Crippen LogP contribution in [0, 0.1) is 24.0 Å². The number of anilines is 1. The highest BCUT2D eigenvalue weighted by atomic mass is 32.2. The Kier molecular flexibility index (Phi) is 6.99. The van der Waals surface area contributed by atoms with Crippen LogP contribution in [0.5, 0.6) is 5.75 Å². The first kappa shape index (κ1) is 24.6. The van der Waals surface area contributed by atoms with Crippen molar-refractivity contribution in [2.45, 2.75) is 25.2 Å². The number of hydrogen-bond donors (Lipinski definition) is 0. The molecular weight excluding hydrogens is 470 g/mol. The molecule has 2 heterocycles. The molecule has 0 N–H and O–H groups in total. The zero-order chi connectivity index (χ0) is 25.2. The van der Waals surface area contributed by atoms with Gasteiger partial charge < -0.3 is 9.64 Å². The summed E-state index contributed by atoms with van der Waals surface area (Å²) in [5.41, 5.74) is 2.85. The molecule has 0 aliphatic carbocycles. The summed E-state index contributed by atoms with van der Waals surface area (Å²) in [5.74, 6) is 2.27. The predicted octanol–water partition coefficient (Wildman–Crippen LogP) is 3.11. The maximum Gasteiger partial charge on any atom is 0.269 e. The minimum atomic E-state index is -3.75. The van der Waals surface area contributed by atoms with Crippen LogP contribution in [-0.2, 0) is 16.4 Å². The lowest BCUT2D eigenvalue weighted by atomic mass is 10.0. The van der Waals surface area contributed by atoms with Gasteiger partial charge in [0.1, 0.15) is 17.4 Å². The van der Waals surface area contributed by atoms with Gasteiger partial charge in [0, 0.05) is 56.0 Å². The average Bonchev–Trinajstić information content (AvgIpc) is 2.86. The standard InChI is InChI=1S/C24H27N5O5S/c1-17-23(16-19-4-8-21(34-3)9-5-19)24(26-18(2)25-17)27-12-14-28(15-13-27)35(32,33)22-10-6-20(7-11-22)29(30)31/h4-11H,12-16H2,1-3H3. The van der Waals surface area contributed by atoms with E-state index in [1.165, 1.54) is 28.6 Å². The Balaban J connectivity index is 1.53. The normalized spacial score (nSPS) is 14.7. The lowest BCUT2D eigenvalue weighted by molar-refractivity contribution is -0.384. The van der Waals surface area contributed by atoms with Gasteiger partial charge in [0.15, 0.2) is 0 Å². The number of ether oxygens (including phenoxy) is 1. The van der Waals surface area contributed by atoms with Crippen molar-refractivity contribution >= 4 is 21.5 Å². The van der Waals surface area contributed by atoms with Gasteiger partial charge in [-0.2, -0.15) is 4.31 Å². The van der Waals surface area contributed by atoms with Crippen molar-refractivity contribution in [2.24, 2.45) is 0 Å². The third-order valence-corrected chi connectivity index (χ3v) is 7.98. The molecule has 0 spiro atoms. The fourth-order valence-electron chi connectivity index (χ4n) is 4.16. The number of non-ortho nitro benzene ring substituents is 1. The quantitative estimate of drug-likeness (QED) is 0.361. The monoisotopic (exact) mass is 497 g/mol. The lowest BCUT2D eigenvalue weighted by Crippen LogP contribution is -2.49. The van der Waals surface area contributed by atoms with E-state index in [0.29, 0.717) is 25.3 Å². The summed E-state index contributed by atoms with van der Waals surface area (Å²) in [7, 11) is -2.12. The van der Waals surface area contributed by atoms with Gasteiger partial charge in [-0.3, -0.25) is 10.1 Å². The van der Waals surface area contributed by atoms with Crippen molar-refractivity contribution in [1.82, 2.24) is 14.3 Å². The van der Waals surface area contributed by atoms with Crippen LogP contribution in [0.3, 0.4) is 0 Å². The first-order valence-electron chi connectivity index (χ1n) is 11.2. The van der Waals surface area contributed by atoms with Gasteiger partial charge in [-0.05, 0) is 43.7 Å². The first-order valence-corrected chi connectivity index (χ1v) is 12.6. The molecule has 0 amide bonds. The Hall–Kier alpha value is -3.57. The molecule has 35 heavy (non-hydrogen) atoms. The van der Waals surface area contributed by atoms with Gasteiger partial charge in [-0.15, -0.1) is 0 Å². The number of nitrogens with zero attached hydrogens (tertiary/aromatic N) is 5. The number of aromatic nitrogens is 2. The summed E-state index contributed by atoms with van der Waals surface area (Å²) < 4.78 is 32.8. The Morgan fingerprint density at radius 2 is 1.60 bits per heavy atom. The van der Waals surface area contributed by atoms with Gasteiger partial charge in [0.25, 0.3) is 5.69 Å². The number of hydrogen-bond acceptors (Lipinski definition) is 8. The van der Waals surface area contributed by atoms with Crippen molar-refractivity contribution in [3.8, 4) is 5.75 Å². The molecule has 1 aromatic heterocycles. The van der Waals surface area contributed by atoms with Crippen molar-refractivity contribution in [1.29, 1.82) is 0 Å². The van der Waals surface area contributed by atoms with Gasteiger partial charge in [0.05, 0.1) is 16.9 Å². The second-order valence-electron chi connectivity index (χ2n) is 8.33. The predicted molar refractivity (Wildman–Crippen MR) is 131 cm³/mol. The molecule has 184 valence electrons. The molecule has 0 radical (unpaired) electrons. The largest absolute Gasteiger partial charge is 0.497 e. The highest BCUT2D eigenvalue weighted by molar-refractivity contribution is 7.89. The minimum absolute atomic E-state index is 0.0467. The number of nitro benzene ring substituents is 1. The summed E-state index contributed by atoms with van der Waals surface area (Å²) in [6.45, 7) is 5.32. The smallest absolute Gasteiger partial charge is 0.269 e. The first-order chi connectivity index (χ1) is 16.7. The number of sulfonamides is 1. The molecule has 3 aromatic rings. The van der Waals surface area contributed by atoms with Crippen LogP contribution < -0.4 is 9.64 Å². The summed E-state index contributed by atoms with van der Waals surface area (Å²) in [6.07, 6.45) is 0.646. The van der Waals surface area contributed by atoms with Crippen molar-refractivity contribution in [2.75, 3.05) is 38.2 Å². The summed E-state index contributed by atoms with van der Waals surface area (Å²) in [4.78, 5) is 21.7. The van der Waals surface area contributed by atoms with Crippen LogP contribution in [0.4, 0.5) is 11.5 Å². The fraction of sp³-hybridized carbons (Fsp3) is 0.333. The zero-order valence-electron chi connectivity index (χ0n) is 19.8. The summed E-state index contributed by atoms with van der Waals surface area (Å²) in [6, 6.07) is 12.8. The molecule has 4 rings (SSSR count). The second-order valence-corrected chi connectivity index (χ2v) is 10.3. The summed E-state index contributed by atoms with van der Waals surface area (Å²) >= 11 is 0. The van der Waals surface area contributed by atoms with E-state index < -0.39 is 14.9 Å². The molecule has 0 saturated carbocycles. The Morgan fingerprint density at radius 3 is 2.17 bits per heavy atom. The van der Waals surface area contributed by atoms with E-state index >= 15 is 0 Å². The molecule has 1 aliphatic heterocycles. The van der Waals surface area contributed by atoms with Crippen molar-refractivity contribution in [3.63, 3.8) is 0 Å². The second kappa shape index (κ2) is 9.96. The SMILES string of the molecule is COc1ccc(Cc2c(C)nc(C)nc2N2CCN(S(=O)(=O)c3ccc([N+](=O)[O-])cc3)CC2)cc1. The molecule has 0 unspecified atom stereocenters. The Labute approximate surface area is 204 Å². The molecule has 2 aromatic carbocycles. The van der Waals surface area contributed by atoms with Gasteiger partial charge >= 0.3 is 0 Å². The fourth-order valence-corrected chi connectivity index (χ4v) is 5.59. The van der Waals surface area contributed by atoms with E-state index in [2.05, 4.69) is 9.88 Å². The van der Waals surface area contributed by atoms with E-state index in [0.717, 1.165) is 28.4 Å². The van der Waals surface area contributed by atoms with E-state index in [4.69, 9.17) is 9.72 Å². The summed E-state index contributed by atoms with van der Waals surface area (Å²) in [5, 5.41) is 10.9. The van der Waals surface area contributed by atoms with E-state index in [9.17, 15) is 18.5 Å². The highest BCUT2D eigenvalue weighted by Crippen LogP contribution is 2.27. The van der Waals surface area contributed by atoms with Crippen molar-refractivity contribution < 1.29 is 18.1 Å². The van der Waals surface area contributed by atoms with E-state index in [-0.39, 0.29) is 23.7 Å². The number of methoxy groups -OCH3 is 1. The Morgan fingerprint density at radius 1 is 0.971 bits per heavy atom.